The number of alkyl carbamates (subject to hydrolysis) is 1. The van der Waals surface area contributed by atoms with Crippen LogP contribution in [0.1, 0.15) is 44.2 Å². The highest BCUT2D eigenvalue weighted by molar-refractivity contribution is 5.85. The van der Waals surface area contributed by atoms with E-state index >= 15 is 0 Å². The standard InChI is InChI=1S/C21H32N2O3/c1-15(2)12-19(22-21(25)26-4)20(24)23-11-5-6-18(14-23)13-17-9-7-16(3)8-10-17/h7-10,15,18-19H,5-6,11-14H2,1-4H3,(H,22,25)/t18-,19+/m1/s1. The zero-order chi connectivity index (χ0) is 19.1. The Bertz CT molecular complexity index is 598. The van der Waals surface area contributed by atoms with Crippen molar-refractivity contribution in [1.82, 2.24) is 10.2 Å². The summed E-state index contributed by atoms with van der Waals surface area (Å²) in [4.78, 5) is 26.5. The first-order valence-corrected chi connectivity index (χ1v) is 9.57. The Balaban J connectivity index is 1.99. The van der Waals surface area contributed by atoms with Crippen LogP contribution in [0.15, 0.2) is 24.3 Å². The first-order chi connectivity index (χ1) is 12.4. The molecule has 0 radical (unpaired) electrons. The summed E-state index contributed by atoms with van der Waals surface area (Å²) in [6, 6.07) is 8.12. The number of hydrogen-bond donors (Lipinski definition) is 1. The second kappa shape index (κ2) is 9.60. The summed E-state index contributed by atoms with van der Waals surface area (Å²) in [5.74, 6) is 0.792. The van der Waals surface area contributed by atoms with Crippen molar-refractivity contribution in [2.24, 2.45) is 11.8 Å². The smallest absolute Gasteiger partial charge is 0.407 e. The number of ether oxygens (including phenoxy) is 1. The van der Waals surface area contributed by atoms with Crippen LogP contribution >= 0.6 is 0 Å². The molecular weight excluding hydrogens is 328 g/mol. The van der Waals surface area contributed by atoms with Gasteiger partial charge in [-0.05, 0) is 50.0 Å². The Morgan fingerprint density at radius 1 is 1.27 bits per heavy atom. The van der Waals surface area contributed by atoms with Gasteiger partial charge in [0.2, 0.25) is 5.91 Å². The van der Waals surface area contributed by atoms with E-state index in [1.165, 1.54) is 18.2 Å². The molecule has 1 aliphatic heterocycles. The fourth-order valence-electron chi connectivity index (χ4n) is 3.60. The number of nitrogens with zero attached hydrogens (tertiary/aromatic N) is 1. The molecule has 1 fully saturated rings. The maximum atomic E-state index is 13.0. The van der Waals surface area contributed by atoms with Gasteiger partial charge < -0.3 is 15.0 Å². The summed E-state index contributed by atoms with van der Waals surface area (Å²) < 4.78 is 4.69. The third-order valence-electron chi connectivity index (χ3n) is 4.96. The SMILES string of the molecule is COC(=O)N[C@@H](CC(C)C)C(=O)N1CCC[C@H](Cc2ccc(C)cc2)C1. The Kier molecular flexibility index (Phi) is 7.49. The normalized spacial score (nSPS) is 18.5. The Morgan fingerprint density at radius 2 is 1.96 bits per heavy atom. The lowest BCUT2D eigenvalue weighted by Crippen LogP contribution is -2.52. The molecule has 5 heteroatoms. The quantitative estimate of drug-likeness (QED) is 0.844. The largest absolute Gasteiger partial charge is 0.453 e. The van der Waals surface area contributed by atoms with E-state index in [1.54, 1.807) is 0 Å². The molecule has 144 valence electrons. The summed E-state index contributed by atoms with van der Waals surface area (Å²) in [6.45, 7) is 7.71. The van der Waals surface area contributed by atoms with Crippen LogP contribution < -0.4 is 5.32 Å². The molecule has 2 amide bonds. The van der Waals surface area contributed by atoms with Crippen molar-refractivity contribution in [2.45, 2.75) is 52.5 Å². The molecule has 0 unspecified atom stereocenters. The van der Waals surface area contributed by atoms with Gasteiger partial charge in [0.25, 0.3) is 0 Å². The summed E-state index contributed by atoms with van der Waals surface area (Å²) in [6.07, 6.45) is 3.21. The van der Waals surface area contributed by atoms with E-state index < -0.39 is 12.1 Å². The molecule has 2 atom stereocenters. The summed E-state index contributed by atoms with van der Waals surface area (Å²) in [7, 11) is 1.32. The van der Waals surface area contributed by atoms with Gasteiger partial charge in [0.15, 0.2) is 0 Å². The van der Waals surface area contributed by atoms with Crippen molar-refractivity contribution >= 4 is 12.0 Å². The number of benzene rings is 1. The van der Waals surface area contributed by atoms with E-state index in [0.29, 0.717) is 18.3 Å². The monoisotopic (exact) mass is 360 g/mol. The van der Waals surface area contributed by atoms with Crippen molar-refractivity contribution in [3.8, 4) is 0 Å². The third-order valence-corrected chi connectivity index (χ3v) is 4.96. The first-order valence-electron chi connectivity index (χ1n) is 9.57. The van der Waals surface area contributed by atoms with E-state index in [-0.39, 0.29) is 5.91 Å². The molecule has 1 aromatic carbocycles. The second-order valence-corrected chi connectivity index (χ2v) is 7.80. The van der Waals surface area contributed by atoms with Crippen LogP contribution in [0.5, 0.6) is 0 Å². The van der Waals surface area contributed by atoms with Gasteiger partial charge in [0.05, 0.1) is 7.11 Å². The van der Waals surface area contributed by atoms with Gasteiger partial charge in [-0.2, -0.15) is 0 Å². The highest BCUT2D eigenvalue weighted by Crippen LogP contribution is 2.22. The van der Waals surface area contributed by atoms with Gasteiger partial charge in [-0.25, -0.2) is 4.79 Å². The minimum atomic E-state index is -0.544. The second-order valence-electron chi connectivity index (χ2n) is 7.80. The number of likely N-dealkylation sites (tertiary alicyclic amines) is 1. The maximum absolute atomic E-state index is 13.0. The fourth-order valence-corrected chi connectivity index (χ4v) is 3.60. The number of hydrogen-bond acceptors (Lipinski definition) is 3. The van der Waals surface area contributed by atoms with Gasteiger partial charge in [-0.1, -0.05) is 43.7 Å². The molecular formula is C21H32N2O3. The molecule has 0 aromatic heterocycles. The van der Waals surface area contributed by atoms with E-state index in [1.807, 2.05) is 4.90 Å². The number of carbonyl (C=O) groups excluding carboxylic acids is 2. The van der Waals surface area contributed by atoms with Gasteiger partial charge in [-0.15, -0.1) is 0 Å². The molecule has 1 saturated heterocycles. The number of piperidine rings is 1. The molecule has 26 heavy (non-hydrogen) atoms. The predicted molar refractivity (Wildman–Crippen MR) is 103 cm³/mol. The van der Waals surface area contributed by atoms with Gasteiger partial charge in [0, 0.05) is 13.1 Å². The highest BCUT2D eigenvalue weighted by Gasteiger charge is 2.30. The number of rotatable bonds is 6. The van der Waals surface area contributed by atoms with Crippen molar-refractivity contribution in [3.63, 3.8) is 0 Å². The Hall–Kier alpha value is -2.04. The topological polar surface area (TPSA) is 58.6 Å². The molecule has 2 rings (SSSR count). The third kappa shape index (κ3) is 6.04. The average Bonchev–Trinajstić information content (AvgIpc) is 2.62. The molecule has 1 aromatic rings. The van der Waals surface area contributed by atoms with Gasteiger partial charge in [-0.3, -0.25) is 4.79 Å². The van der Waals surface area contributed by atoms with E-state index in [2.05, 4.69) is 55.1 Å². The van der Waals surface area contributed by atoms with Crippen molar-refractivity contribution in [2.75, 3.05) is 20.2 Å². The maximum Gasteiger partial charge on any atom is 0.407 e. The summed E-state index contributed by atoms with van der Waals surface area (Å²) >= 11 is 0. The lowest BCUT2D eigenvalue weighted by molar-refractivity contribution is -0.135. The number of amides is 2. The molecule has 0 spiro atoms. The van der Waals surface area contributed by atoms with Crippen LogP contribution in [-0.4, -0.2) is 43.1 Å². The lowest BCUT2D eigenvalue weighted by Gasteiger charge is -2.35. The van der Waals surface area contributed by atoms with Crippen LogP contribution in [0.4, 0.5) is 4.79 Å². The van der Waals surface area contributed by atoms with E-state index in [0.717, 1.165) is 32.4 Å². The van der Waals surface area contributed by atoms with Crippen LogP contribution in [0.3, 0.4) is 0 Å². The zero-order valence-electron chi connectivity index (χ0n) is 16.5. The molecule has 0 saturated carbocycles. The fraction of sp³-hybridized carbons (Fsp3) is 0.619. The van der Waals surface area contributed by atoms with Crippen LogP contribution in [0.2, 0.25) is 0 Å². The first kappa shape index (κ1) is 20.3. The van der Waals surface area contributed by atoms with Crippen LogP contribution in [-0.2, 0) is 16.0 Å². The van der Waals surface area contributed by atoms with Gasteiger partial charge in [0.1, 0.15) is 6.04 Å². The lowest BCUT2D eigenvalue weighted by atomic mass is 9.90. The molecule has 1 N–H and O–H groups in total. The van der Waals surface area contributed by atoms with E-state index in [9.17, 15) is 9.59 Å². The van der Waals surface area contributed by atoms with Crippen molar-refractivity contribution in [1.29, 1.82) is 0 Å². The minimum absolute atomic E-state index is 0.0118. The van der Waals surface area contributed by atoms with Crippen molar-refractivity contribution < 1.29 is 14.3 Å². The molecule has 1 heterocycles. The molecule has 0 bridgehead atoms. The van der Waals surface area contributed by atoms with Crippen LogP contribution in [0.25, 0.3) is 0 Å². The van der Waals surface area contributed by atoms with Crippen molar-refractivity contribution in [3.05, 3.63) is 35.4 Å². The molecule has 0 aliphatic carbocycles. The van der Waals surface area contributed by atoms with E-state index in [4.69, 9.17) is 0 Å². The predicted octanol–water partition coefficient (Wildman–Crippen LogP) is 3.55. The van der Waals surface area contributed by atoms with Crippen LogP contribution in [0, 0.1) is 18.8 Å². The molecule has 1 aliphatic rings. The van der Waals surface area contributed by atoms with Gasteiger partial charge >= 0.3 is 6.09 Å². The number of nitrogens with one attached hydrogen (secondary N) is 1. The Labute approximate surface area is 157 Å². The minimum Gasteiger partial charge on any atom is -0.453 e. The Morgan fingerprint density at radius 3 is 2.58 bits per heavy atom. The zero-order valence-corrected chi connectivity index (χ0v) is 16.5. The number of methoxy groups -OCH3 is 1. The summed E-state index contributed by atoms with van der Waals surface area (Å²) in [5, 5.41) is 2.71. The molecule has 5 nitrogen and oxygen atoms in total. The number of aryl methyl sites for hydroxylation is 1. The summed E-state index contributed by atoms with van der Waals surface area (Å²) in [5.41, 5.74) is 2.58. The highest BCUT2D eigenvalue weighted by atomic mass is 16.5. The number of carbonyl (C=O) groups is 2. The average molecular weight is 360 g/mol.